The van der Waals surface area contributed by atoms with Gasteiger partial charge < -0.3 is 19.9 Å². The second kappa shape index (κ2) is 8.38. The lowest BCUT2D eigenvalue weighted by Gasteiger charge is -2.36. The van der Waals surface area contributed by atoms with Crippen molar-refractivity contribution in [1.29, 1.82) is 0 Å². The lowest BCUT2D eigenvalue weighted by Crippen LogP contribution is -2.49. The highest BCUT2D eigenvalue weighted by molar-refractivity contribution is 5.92. The quantitative estimate of drug-likeness (QED) is 0.810. The van der Waals surface area contributed by atoms with Crippen molar-refractivity contribution in [3.05, 3.63) is 60.9 Å². The molecule has 26 heavy (non-hydrogen) atoms. The van der Waals surface area contributed by atoms with Crippen molar-refractivity contribution in [3.63, 3.8) is 0 Å². The highest BCUT2D eigenvalue weighted by Crippen LogP contribution is 2.21. The number of aromatic nitrogens is 1. The number of nitrogens with zero attached hydrogens (tertiary/aromatic N) is 3. The van der Waals surface area contributed by atoms with Gasteiger partial charge in [-0.05, 0) is 36.4 Å². The Bertz CT molecular complexity index is 735. The first-order valence-electron chi connectivity index (χ1n) is 8.70. The number of carbonyl (C=O) groups excluding carboxylic acids is 1. The molecule has 1 N–H and O–H groups in total. The van der Waals surface area contributed by atoms with Crippen molar-refractivity contribution in [2.45, 2.75) is 0 Å². The maximum Gasteiger partial charge on any atom is 0.272 e. The Morgan fingerprint density at radius 3 is 2.50 bits per heavy atom. The van der Waals surface area contributed by atoms with Gasteiger partial charge in [0.05, 0.1) is 19.0 Å². The molecule has 2 aromatic rings. The van der Waals surface area contributed by atoms with E-state index in [1.165, 1.54) is 0 Å². The van der Waals surface area contributed by atoms with E-state index in [9.17, 15) is 4.79 Å². The maximum absolute atomic E-state index is 12.6. The predicted molar refractivity (Wildman–Crippen MR) is 104 cm³/mol. The van der Waals surface area contributed by atoms with Crippen LogP contribution in [0.5, 0.6) is 5.75 Å². The number of nitrogens with one attached hydrogen (secondary N) is 1. The summed E-state index contributed by atoms with van der Waals surface area (Å²) < 4.78 is 5.20. The summed E-state index contributed by atoms with van der Waals surface area (Å²) in [5.74, 6) is 0.828. The number of piperazine rings is 1. The lowest BCUT2D eigenvalue weighted by atomic mass is 10.2. The number of benzene rings is 1. The number of methoxy groups -OCH3 is 1. The minimum Gasteiger partial charge on any atom is -0.497 e. The van der Waals surface area contributed by atoms with E-state index >= 15 is 0 Å². The summed E-state index contributed by atoms with van der Waals surface area (Å²) in [5.41, 5.74) is 2.51. The fourth-order valence-corrected chi connectivity index (χ4v) is 2.94. The van der Waals surface area contributed by atoms with E-state index in [0.717, 1.165) is 30.2 Å². The third kappa shape index (κ3) is 4.14. The molecule has 1 saturated heterocycles. The van der Waals surface area contributed by atoms with Crippen molar-refractivity contribution in [3.8, 4) is 5.75 Å². The Kier molecular flexibility index (Phi) is 5.73. The highest BCUT2D eigenvalue weighted by Gasteiger charge is 2.23. The van der Waals surface area contributed by atoms with Crippen molar-refractivity contribution in [1.82, 2.24) is 9.88 Å². The van der Waals surface area contributed by atoms with Crippen LogP contribution in [-0.4, -0.2) is 55.6 Å². The second-order valence-electron chi connectivity index (χ2n) is 6.08. The van der Waals surface area contributed by atoms with Crippen LogP contribution in [-0.2, 0) is 0 Å². The van der Waals surface area contributed by atoms with E-state index in [4.69, 9.17) is 4.74 Å². The lowest BCUT2D eigenvalue weighted by molar-refractivity contribution is 0.0741. The molecule has 1 aliphatic rings. The molecular weight excluding hydrogens is 328 g/mol. The molecule has 0 saturated carbocycles. The molecular formula is C20H24N4O2. The van der Waals surface area contributed by atoms with Crippen LogP contribution in [0.25, 0.3) is 0 Å². The molecule has 3 rings (SSSR count). The zero-order valence-electron chi connectivity index (χ0n) is 15.0. The number of anilines is 2. The van der Waals surface area contributed by atoms with Gasteiger partial charge in [-0.25, -0.2) is 4.98 Å². The van der Waals surface area contributed by atoms with Gasteiger partial charge in [-0.2, -0.15) is 0 Å². The molecule has 0 unspecified atom stereocenters. The average Bonchev–Trinajstić information content (AvgIpc) is 2.72. The molecule has 0 radical (unpaired) electrons. The molecule has 0 aliphatic carbocycles. The van der Waals surface area contributed by atoms with E-state index in [1.54, 1.807) is 25.4 Å². The first-order valence-corrected chi connectivity index (χ1v) is 8.70. The monoisotopic (exact) mass is 352 g/mol. The zero-order valence-corrected chi connectivity index (χ0v) is 15.0. The molecule has 0 bridgehead atoms. The van der Waals surface area contributed by atoms with Crippen LogP contribution >= 0.6 is 0 Å². The van der Waals surface area contributed by atoms with Gasteiger partial charge in [0, 0.05) is 38.4 Å². The molecule has 1 aromatic heterocycles. The van der Waals surface area contributed by atoms with Crippen LogP contribution in [0, 0.1) is 0 Å². The molecule has 6 nitrogen and oxygen atoms in total. The Balaban J connectivity index is 1.56. The number of hydrogen-bond donors (Lipinski definition) is 1. The third-order valence-corrected chi connectivity index (χ3v) is 4.44. The van der Waals surface area contributed by atoms with E-state index < -0.39 is 0 Å². The third-order valence-electron chi connectivity index (χ3n) is 4.44. The summed E-state index contributed by atoms with van der Waals surface area (Å²) in [5, 5.41) is 3.15. The van der Waals surface area contributed by atoms with E-state index in [2.05, 4.69) is 21.8 Å². The van der Waals surface area contributed by atoms with Gasteiger partial charge in [0.15, 0.2) is 0 Å². The standard InChI is InChI=1S/C20H24N4O2/c1-3-10-21-16-4-9-19(22-15-16)20(25)24-13-11-23(12-14-24)17-5-7-18(26-2)8-6-17/h3-9,15,21H,1,10-14H2,2H3. The smallest absolute Gasteiger partial charge is 0.272 e. The van der Waals surface area contributed by atoms with Gasteiger partial charge in [0.1, 0.15) is 11.4 Å². The Labute approximate surface area is 154 Å². The minimum atomic E-state index is -0.0188. The van der Waals surface area contributed by atoms with Crippen molar-refractivity contribution < 1.29 is 9.53 Å². The largest absolute Gasteiger partial charge is 0.497 e. The van der Waals surface area contributed by atoms with Crippen molar-refractivity contribution in [2.75, 3.05) is 50.1 Å². The summed E-state index contributed by atoms with van der Waals surface area (Å²) in [7, 11) is 1.66. The topological polar surface area (TPSA) is 57.7 Å². The number of amides is 1. The van der Waals surface area contributed by atoms with Gasteiger partial charge in [-0.3, -0.25) is 4.79 Å². The molecule has 0 spiro atoms. The van der Waals surface area contributed by atoms with Gasteiger partial charge in [-0.15, -0.1) is 6.58 Å². The second-order valence-corrected chi connectivity index (χ2v) is 6.08. The summed E-state index contributed by atoms with van der Waals surface area (Å²) in [6.45, 7) is 7.31. The summed E-state index contributed by atoms with van der Waals surface area (Å²) in [6, 6.07) is 11.7. The molecule has 6 heteroatoms. The Hall–Kier alpha value is -3.02. The number of ether oxygens (including phenoxy) is 1. The summed E-state index contributed by atoms with van der Waals surface area (Å²) in [6.07, 6.45) is 3.46. The normalized spacial score (nSPS) is 14.0. The zero-order chi connectivity index (χ0) is 18.4. The molecule has 136 valence electrons. The molecule has 1 amide bonds. The molecule has 2 heterocycles. The first-order chi connectivity index (χ1) is 12.7. The van der Waals surface area contributed by atoms with Crippen LogP contribution < -0.4 is 15.0 Å². The summed E-state index contributed by atoms with van der Waals surface area (Å²) >= 11 is 0. The van der Waals surface area contributed by atoms with Crippen LogP contribution in [0.4, 0.5) is 11.4 Å². The van der Waals surface area contributed by atoms with Crippen LogP contribution in [0.1, 0.15) is 10.5 Å². The number of carbonyl (C=O) groups is 1. The SMILES string of the molecule is C=CCNc1ccc(C(=O)N2CCN(c3ccc(OC)cc3)CC2)nc1. The average molecular weight is 352 g/mol. The van der Waals surface area contributed by atoms with Gasteiger partial charge in [0.25, 0.3) is 5.91 Å². The number of pyridine rings is 1. The van der Waals surface area contributed by atoms with Crippen LogP contribution in [0.2, 0.25) is 0 Å². The van der Waals surface area contributed by atoms with Crippen LogP contribution in [0.3, 0.4) is 0 Å². The van der Waals surface area contributed by atoms with Crippen molar-refractivity contribution in [2.24, 2.45) is 0 Å². The fourth-order valence-electron chi connectivity index (χ4n) is 2.94. The Morgan fingerprint density at radius 1 is 1.19 bits per heavy atom. The van der Waals surface area contributed by atoms with Gasteiger partial charge in [-0.1, -0.05) is 6.08 Å². The van der Waals surface area contributed by atoms with Crippen molar-refractivity contribution >= 4 is 17.3 Å². The molecule has 1 aliphatic heterocycles. The van der Waals surface area contributed by atoms with Gasteiger partial charge >= 0.3 is 0 Å². The first kappa shape index (κ1) is 17.8. The molecule has 1 aromatic carbocycles. The Morgan fingerprint density at radius 2 is 1.92 bits per heavy atom. The number of hydrogen-bond acceptors (Lipinski definition) is 5. The maximum atomic E-state index is 12.6. The number of rotatable bonds is 6. The van der Waals surface area contributed by atoms with Gasteiger partial charge in [0.2, 0.25) is 0 Å². The van der Waals surface area contributed by atoms with E-state index in [1.807, 2.05) is 35.2 Å². The molecule has 1 fully saturated rings. The highest BCUT2D eigenvalue weighted by atomic mass is 16.5. The van der Waals surface area contributed by atoms with E-state index in [-0.39, 0.29) is 5.91 Å². The fraction of sp³-hybridized carbons (Fsp3) is 0.300. The molecule has 0 atom stereocenters. The van der Waals surface area contributed by atoms with E-state index in [0.29, 0.717) is 25.3 Å². The summed E-state index contributed by atoms with van der Waals surface area (Å²) in [4.78, 5) is 21.1. The predicted octanol–water partition coefficient (Wildman–Crippen LogP) is 2.65. The minimum absolute atomic E-state index is 0.0188. The van der Waals surface area contributed by atoms with Crippen LogP contribution in [0.15, 0.2) is 55.3 Å².